The summed E-state index contributed by atoms with van der Waals surface area (Å²) in [6.07, 6.45) is 0. The first-order chi connectivity index (χ1) is 15.0. The van der Waals surface area contributed by atoms with Crippen LogP contribution in [0.3, 0.4) is 0 Å². The Labute approximate surface area is 186 Å². The third-order valence-corrected chi connectivity index (χ3v) is 5.65. The number of fused-ring (bicyclic) bond motifs is 1. The van der Waals surface area contributed by atoms with Crippen molar-refractivity contribution in [1.82, 2.24) is 15.3 Å². The molecule has 0 aliphatic carbocycles. The maximum Gasteiger partial charge on any atom is 0.235 e. The van der Waals surface area contributed by atoms with Crippen LogP contribution in [0.4, 0.5) is 11.4 Å². The SMILES string of the molecule is CC1=Nc2ccccc2N=C(NC(=O)CSc2nc(C)cc(C)n2)[C@@H]1c1ccccc1. The molecular formula is C24H23N5OS. The molecule has 0 radical (unpaired) electrons. The van der Waals surface area contributed by atoms with Gasteiger partial charge < -0.3 is 5.32 Å². The van der Waals surface area contributed by atoms with E-state index >= 15 is 0 Å². The van der Waals surface area contributed by atoms with Gasteiger partial charge in [-0.25, -0.2) is 15.0 Å². The van der Waals surface area contributed by atoms with Gasteiger partial charge in [-0.15, -0.1) is 0 Å². The van der Waals surface area contributed by atoms with E-state index < -0.39 is 0 Å². The van der Waals surface area contributed by atoms with Crippen molar-refractivity contribution in [3.8, 4) is 0 Å². The molecule has 7 heteroatoms. The van der Waals surface area contributed by atoms with Crippen LogP contribution in [0.25, 0.3) is 0 Å². The van der Waals surface area contributed by atoms with Crippen molar-refractivity contribution >= 4 is 40.6 Å². The summed E-state index contributed by atoms with van der Waals surface area (Å²) in [6, 6.07) is 19.6. The second-order valence-corrected chi connectivity index (χ2v) is 8.30. The number of carbonyl (C=O) groups excluding carboxylic acids is 1. The van der Waals surface area contributed by atoms with Crippen molar-refractivity contribution in [3.63, 3.8) is 0 Å². The molecule has 1 aromatic heterocycles. The van der Waals surface area contributed by atoms with Gasteiger partial charge in [0.15, 0.2) is 5.16 Å². The van der Waals surface area contributed by atoms with Crippen LogP contribution < -0.4 is 5.32 Å². The van der Waals surface area contributed by atoms with Gasteiger partial charge in [0, 0.05) is 17.1 Å². The van der Waals surface area contributed by atoms with Gasteiger partial charge in [-0.2, -0.15) is 0 Å². The Hall–Kier alpha value is -3.32. The Balaban J connectivity index is 1.61. The Morgan fingerprint density at radius 3 is 2.19 bits per heavy atom. The molecule has 1 amide bonds. The number of thioether (sulfide) groups is 1. The van der Waals surface area contributed by atoms with Crippen molar-refractivity contribution in [1.29, 1.82) is 0 Å². The summed E-state index contributed by atoms with van der Waals surface area (Å²) < 4.78 is 0. The number of hydrogen-bond donors (Lipinski definition) is 1. The molecule has 3 aromatic rings. The highest BCUT2D eigenvalue weighted by molar-refractivity contribution is 7.99. The molecule has 0 unspecified atom stereocenters. The topological polar surface area (TPSA) is 79.6 Å². The van der Waals surface area contributed by atoms with Gasteiger partial charge in [0.05, 0.1) is 23.0 Å². The van der Waals surface area contributed by atoms with E-state index in [4.69, 9.17) is 9.98 Å². The Kier molecular flexibility index (Phi) is 6.23. The lowest BCUT2D eigenvalue weighted by Gasteiger charge is -2.19. The van der Waals surface area contributed by atoms with Crippen molar-refractivity contribution < 1.29 is 4.79 Å². The zero-order chi connectivity index (χ0) is 21.8. The fraction of sp³-hybridized carbons (Fsp3) is 0.208. The highest BCUT2D eigenvalue weighted by Crippen LogP contribution is 2.34. The fourth-order valence-electron chi connectivity index (χ4n) is 3.51. The van der Waals surface area contributed by atoms with E-state index in [2.05, 4.69) is 15.3 Å². The van der Waals surface area contributed by atoms with Crippen LogP contribution in [0.2, 0.25) is 0 Å². The lowest BCUT2D eigenvalue weighted by molar-refractivity contribution is -0.117. The number of nitrogens with zero attached hydrogens (tertiary/aromatic N) is 4. The molecule has 1 N–H and O–H groups in total. The number of carbonyl (C=O) groups is 1. The van der Waals surface area contributed by atoms with Gasteiger partial charge in [0.25, 0.3) is 0 Å². The summed E-state index contributed by atoms with van der Waals surface area (Å²) >= 11 is 1.31. The molecule has 1 aliphatic heterocycles. The summed E-state index contributed by atoms with van der Waals surface area (Å²) in [7, 11) is 0. The van der Waals surface area contributed by atoms with E-state index in [1.54, 1.807) is 0 Å². The van der Waals surface area contributed by atoms with E-state index in [0.717, 1.165) is 34.0 Å². The normalized spacial score (nSPS) is 15.4. The zero-order valence-corrected chi connectivity index (χ0v) is 18.5. The van der Waals surface area contributed by atoms with Crippen LogP contribution in [0, 0.1) is 13.8 Å². The molecule has 6 nitrogen and oxygen atoms in total. The van der Waals surface area contributed by atoms with Crippen molar-refractivity contribution in [2.75, 3.05) is 5.75 Å². The highest BCUT2D eigenvalue weighted by Gasteiger charge is 2.26. The average Bonchev–Trinajstić information content (AvgIpc) is 2.87. The van der Waals surface area contributed by atoms with Gasteiger partial charge in [-0.05, 0) is 44.5 Å². The molecule has 1 aliphatic rings. The van der Waals surface area contributed by atoms with Crippen LogP contribution in [0.5, 0.6) is 0 Å². The second-order valence-electron chi connectivity index (χ2n) is 7.35. The van der Waals surface area contributed by atoms with E-state index in [1.807, 2.05) is 81.4 Å². The predicted octanol–water partition coefficient (Wildman–Crippen LogP) is 4.92. The molecule has 0 spiro atoms. The Morgan fingerprint density at radius 2 is 1.52 bits per heavy atom. The molecule has 1 atom stereocenters. The van der Waals surface area contributed by atoms with Gasteiger partial charge >= 0.3 is 0 Å². The number of benzene rings is 2. The third-order valence-electron chi connectivity index (χ3n) is 4.81. The monoisotopic (exact) mass is 429 g/mol. The van der Waals surface area contributed by atoms with Crippen LogP contribution >= 0.6 is 11.8 Å². The molecular weight excluding hydrogens is 406 g/mol. The van der Waals surface area contributed by atoms with E-state index in [-0.39, 0.29) is 17.6 Å². The number of nitrogens with one attached hydrogen (secondary N) is 1. The Morgan fingerprint density at radius 1 is 0.903 bits per heavy atom. The lowest BCUT2D eigenvalue weighted by atomic mass is 9.93. The van der Waals surface area contributed by atoms with Crippen LogP contribution in [0.15, 0.2) is 75.8 Å². The second kappa shape index (κ2) is 9.22. The molecule has 31 heavy (non-hydrogen) atoms. The number of aromatic nitrogens is 2. The summed E-state index contributed by atoms with van der Waals surface area (Å²) in [4.78, 5) is 31.2. The lowest BCUT2D eigenvalue weighted by Crippen LogP contribution is -2.38. The van der Waals surface area contributed by atoms with Gasteiger partial charge in [-0.1, -0.05) is 54.2 Å². The first-order valence-electron chi connectivity index (χ1n) is 10.0. The molecule has 0 saturated heterocycles. The molecule has 0 fully saturated rings. The Bertz CT molecular complexity index is 1150. The van der Waals surface area contributed by atoms with Gasteiger partial charge in [0.2, 0.25) is 5.91 Å². The molecule has 0 bridgehead atoms. The van der Waals surface area contributed by atoms with Crippen LogP contribution in [-0.2, 0) is 4.79 Å². The standard InChI is InChI=1S/C24H23N5OS/c1-15-13-16(2)26-24(25-15)31-14-21(30)29-23-22(18-9-5-4-6-10-18)17(3)27-19-11-7-8-12-20(19)28-23/h4-13,22H,14H2,1-3H3,(H,28,29,30)/t22-/m0/s1. The molecule has 4 rings (SSSR count). The maximum atomic E-state index is 12.9. The van der Waals surface area contributed by atoms with E-state index in [0.29, 0.717) is 11.0 Å². The summed E-state index contributed by atoms with van der Waals surface area (Å²) in [5, 5.41) is 3.63. The minimum Gasteiger partial charge on any atom is -0.313 e. The number of rotatable bonds is 4. The van der Waals surface area contributed by atoms with Gasteiger partial charge in [0.1, 0.15) is 5.84 Å². The van der Waals surface area contributed by atoms with Crippen LogP contribution in [0.1, 0.15) is 29.8 Å². The zero-order valence-electron chi connectivity index (χ0n) is 17.7. The predicted molar refractivity (Wildman–Crippen MR) is 126 cm³/mol. The highest BCUT2D eigenvalue weighted by atomic mass is 32.2. The minimum atomic E-state index is -0.236. The maximum absolute atomic E-state index is 12.9. The average molecular weight is 430 g/mol. The summed E-state index contributed by atoms with van der Waals surface area (Å²) in [5.41, 5.74) is 5.21. The molecule has 2 aromatic carbocycles. The number of amidine groups is 1. The number of aliphatic imine (C=N–C) groups is 2. The number of aryl methyl sites for hydroxylation is 2. The van der Waals surface area contributed by atoms with Crippen molar-refractivity contribution in [2.45, 2.75) is 31.8 Å². The molecule has 156 valence electrons. The van der Waals surface area contributed by atoms with Crippen molar-refractivity contribution in [2.24, 2.45) is 9.98 Å². The first kappa shape index (κ1) is 20.9. The van der Waals surface area contributed by atoms with E-state index in [1.165, 1.54) is 11.8 Å². The van der Waals surface area contributed by atoms with Crippen LogP contribution in [-0.4, -0.2) is 33.2 Å². The van der Waals surface area contributed by atoms with E-state index in [9.17, 15) is 4.79 Å². The number of para-hydroxylation sites is 2. The largest absolute Gasteiger partial charge is 0.313 e. The third kappa shape index (κ3) is 5.06. The smallest absolute Gasteiger partial charge is 0.235 e. The number of amides is 1. The summed E-state index contributed by atoms with van der Waals surface area (Å²) in [6.45, 7) is 5.81. The molecule has 2 heterocycles. The minimum absolute atomic E-state index is 0.153. The first-order valence-corrected chi connectivity index (χ1v) is 11.0. The quantitative estimate of drug-likeness (QED) is 0.471. The molecule has 0 saturated carbocycles. The summed E-state index contributed by atoms with van der Waals surface area (Å²) in [5.74, 6) is 0.380. The number of hydrogen-bond acceptors (Lipinski definition) is 6. The van der Waals surface area contributed by atoms with Gasteiger partial charge in [-0.3, -0.25) is 9.79 Å². The fourth-order valence-corrected chi connectivity index (χ4v) is 4.26. The van der Waals surface area contributed by atoms with Crippen molar-refractivity contribution in [3.05, 3.63) is 77.6 Å².